The predicted octanol–water partition coefficient (Wildman–Crippen LogP) is 4.30. The minimum atomic E-state index is -0.524. The summed E-state index contributed by atoms with van der Waals surface area (Å²) in [5, 5.41) is 3.06. The van der Waals surface area contributed by atoms with Crippen molar-refractivity contribution in [2.45, 2.75) is 11.4 Å². The van der Waals surface area contributed by atoms with Crippen LogP contribution < -0.4 is 5.32 Å². The maximum absolute atomic E-state index is 13.5. The average Bonchev–Trinajstić information content (AvgIpc) is 2.38. The number of hydrogen-bond donors (Lipinski definition) is 1. The average molecular weight is 265 g/mol. The number of hydrogen-bond acceptors (Lipinski definition) is 2. The third-order valence-electron chi connectivity index (χ3n) is 2.62. The summed E-state index contributed by atoms with van der Waals surface area (Å²) in [5.41, 5.74) is 0.945. The van der Waals surface area contributed by atoms with E-state index < -0.39 is 11.6 Å². The Balaban J connectivity index is 2.16. The molecule has 0 bridgehead atoms. The molecular formula is C14H13F2NS. The lowest BCUT2D eigenvalue weighted by molar-refractivity contribution is 0.560. The van der Waals surface area contributed by atoms with Gasteiger partial charge < -0.3 is 5.32 Å². The van der Waals surface area contributed by atoms with Crippen molar-refractivity contribution in [3.63, 3.8) is 0 Å². The number of anilines is 1. The number of para-hydroxylation sites is 1. The molecule has 0 amide bonds. The van der Waals surface area contributed by atoms with E-state index in [9.17, 15) is 8.78 Å². The third kappa shape index (κ3) is 2.82. The van der Waals surface area contributed by atoms with E-state index >= 15 is 0 Å². The summed E-state index contributed by atoms with van der Waals surface area (Å²) in [6.45, 7) is 0.135. The summed E-state index contributed by atoms with van der Waals surface area (Å²) >= 11 is 1.59. The second-order valence-electron chi connectivity index (χ2n) is 3.75. The van der Waals surface area contributed by atoms with Gasteiger partial charge in [-0.25, -0.2) is 8.78 Å². The molecule has 2 rings (SSSR count). The molecule has 18 heavy (non-hydrogen) atoms. The fraction of sp³-hybridized carbons (Fsp3) is 0.143. The van der Waals surface area contributed by atoms with Crippen LogP contribution in [-0.2, 0) is 6.54 Å². The number of benzene rings is 2. The van der Waals surface area contributed by atoms with E-state index in [1.54, 1.807) is 11.8 Å². The van der Waals surface area contributed by atoms with Gasteiger partial charge in [-0.1, -0.05) is 18.2 Å². The van der Waals surface area contributed by atoms with Crippen molar-refractivity contribution in [3.8, 4) is 0 Å². The van der Waals surface area contributed by atoms with Crippen molar-refractivity contribution in [1.29, 1.82) is 0 Å². The molecule has 0 radical (unpaired) electrons. The highest BCUT2D eigenvalue weighted by molar-refractivity contribution is 7.98. The molecule has 0 saturated carbocycles. The van der Waals surface area contributed by atoms with Gasteiger partial charge >= 0.3 is 0 Å². The van der Waals surface area contributed by atoms with Gasteiger partial charge in [0, 0.05) is 22.7 Å². The van der Waals surface area contributed by atoms with Gasteiger partial charge in [0.15, 0.2) is 0 Å². The Bertz CT molecular complexity index is 523. The fourth-order valence-corrected chi connectivity index (χ4v) is 2.25. The Kier molecular flexibility index (Phi) is 4.20. The van der Waals surface area contributed by atoms with Gasteiger partial charge in [0.1, 0.15) is 11.6 Å². The van der Waals surface area contributed by atoms with Crippen LogP contribution in [0.3, 0.4) is 0 Å². The standard InChI is InChI=1S/C14H13F2NS/c1-18-14-8-3-2-7-13(14)17-9-10-11(15)5-4-6-12(10)16/h2-8,17H,9H2,1H3. The smallest absolute Gasteiger partial charge is 0.131 e. The highest BCUT2D eigenvalue weighted by atomic mass is 32.2. The summed E-state index contributed by atoms with van der Waals surface area (Å²) in [6, 6.07) is 11.6. The molecule has 94 valence electrons. The quantitative estimate of drug-likeness (QED) is 0.827. The van der Waals surface area contributed by atoms with Crippen LogP contribution in [-0.4, -0.2) is 6.26 Å². The molecule has 4 heteroatoms. The summed E-state index contributed by atoms with van der Waals surface area (Å²) in [7, 11) is 0. The molecule has 0 saturated heterocycles. The maximum atomic E-state index is 13.5. The highest BCUT2D eigenvalue weighted by Crippen LogP contribution is 2.25. The second kappa shape index (κ2) is 5.87. The minimum Gasteiger partial charge on any atom is -0.380 e. The number of rotatable bonds is 4. The van der Waals surface area contributed by atoms with Gasteiger partial charge in [-0.3, -0.25) is 0 Å². The van der Waals surface area contributed by atoms with E-state index in [4.69, 9.17) is 0 Å². The van der Waals surface area contributed by atoms with E-state index in [-0.39, 0.29) is 12.1 Å². The molecule has 0 atom stereocenters. The Labute approximate surface area is 109 Å². The molecule has 0 aliphatic carbocycles. The van der Waals surface area contributed by atoms with Crippen LogP contribution in [0, 0.1) is 11.6 Å². The first-order chi connectivity index (χ1) is 8.72. The van der Waals surface area contributed by atoms with Crippen molar-refractivity contribution in [2.24, 2.45) is 0 Å². The van der Waals surface area contributed by atoms with Crippen LogP contribution in [0.5, 0.6) is 0 Å². The lowest BCUT2D eigenvalue weighted by atomic mass is 10.2. The molecule has 2 aromatic carbocycles. The molecule has 0 aliphatic rings. The summed E-state index contributed by atoms with van der Waals surface area (Å²) in [5.74, 6) is -1.05. The van der Waals surface area contributed by atoms with Crippen molar-refractivity contribution >= 4 is 17.4 Å². The van der Waals surface area contributed by atoms with Crippen LogP contribution in [0.15, 0.2) is 47.4 Å². The molecule has 0 aliphatic heterocycles. The van der Waals surface area contributed by atoms with Gasteiger partial charge in [-0.15, -0.1) is 11.8 Å². The highest BCUT2D eigenvalue weighted by Gasteiger charge is 2.08. The molecule has 1 nitrogen and oxygen atoms in total. The maximum Gasteiger partial charge on any atom is 0.131 e. The van der Waals surface area contributed by atoms with Gasteiger partial charge in [0.2, 0.25) is 0 Å². The van der Waals surface area contributed by atoms with Gasteiger partial charge in [-0.05, 0) is 30.5 Å². The van der Waals surface area contributed by atoms with Crippen LogP contribution in [0.25, 0.3) is 0 Å². The summed E-state index contributed by atoms with van der Waals surface area (Å²) in [6.07, 6.45) is 1.96. The van der Waals surface area contributed by atoms with Crippen LogP contribution in [0.4, 0.5) is 14.5 Å². The molecule has 2 aromatic rings. The number of thioether (sulfide) groups is 1. The third-order valence-corrected chi connectivity index (χ3v) is 3.42. The molecule has 0 spiro atoms. The van der Waals surface area contributed by atoms with E-state index in [2.05, 4.69) is 5.32 Å². The van der Waals surface area contributed by atoms with E-state index in [1.807, 2.05) is 30.5 Å². The SMILES string of the molecule is CSc1ccccc1NCc1c(F)cccc1F. The number of halogens is 2. The Morgan fingerprint density at radius 3 is 2.33 bits per heavy atom. The lowest BCUT2D eigenvalue weighted by Crippen LogP contribution is -2.05. The minimum absolute atomic E-state index is 0.0633. The Morgan fingerprint density at radius 1 is 1.00 bits per heavy atom. The summed E-state index contributed by atoms with van der Waals surface area (Å²) < 4.78 is 26.9. The molecule has 0 fully saturated rings. The fourth-order valence-electron chi connectivity index (χ4n) is 1.68. The van der Waals surface area contributed by atoms with Crippen molar-refractivity contribution in [1.82, 2.24) is 0 Å². The monoisotopic (exact) mass is 265 g/mol. The summed E-state index contributed by atoms with van der Waals surface area (Å²) in [4.78, 5) is 1.05. The van der Waals surface area contributed by atoms with Gasteiger partial charge in [-0.2, -0.15) is 0 Å². The number of nitrogens with one attached hydrogen (secondary N) is 1. The first-order valence-corrected chi connectivity index (χ1v) is 6.74. The molecular weight excluding hydrogens is 252 g/mol. The molecule has 0 aromatic heterocycles. The van der Waals surface area contributed by atoms with E-state index in [0.717, 1.165) is 10.6 Å². The van der Waals surface area contributed by atoms with Crippen LogP contribution in [0.1, 0.15) is 5.56 Å². The predicted molar refractivity (Wildman–Crippen MR) is 71.9 cm³/mol. The Morgan fingerprint density at radius 2 is 1.67 bits per heavy atom. The zero-order chi connectivity index (χ0) is 13.0. The molecule has 1 N–H and O–H groups in total. The van der Waals surface area contributed by atoms with Crippen LogP contribution >= 0.6 is 11.8 Å². The van der Waals surface area contributed by atoms with E-state index in [1.165, 1.54) is 18.2 Å². The van der Waals surface area contributed by atoms with E-state index in [0.29, 0.717) is 0 Å². The molecule has 0 unspecified atom stereocenters. The second-order valence-corrected chi connectivity index (χ2v) is 4.60. The zero-order valence-corrected chi connectivity index (χ0v) is 10.7. The first kappa shape index (κ1) is 12.9. The normalized spacial score (nSPS) is 10.4. The topological polar surface area (TPSA) is 12.0 Å². The van der Waals surface area contributed by atoms with Gasteiger partial charge in [0.05, 0.1) is 0 Å². The largest absolute Gasteiger partial charge is 0.380 e. The first-order valence-electron chi connectivity index (χ1n) is 5.52. The van der Waals surface area contributed by atoms with Crippen LogP contribution in [0.2, 0.25) is 0 Å². The zero-order valence-electron chi connectivity index (χ0n) is 9.91. The van der Waals surface area contributed by atoms with Gasteiger partial charge in [0.25, 0.3) is 0 Å². The van der Waals surface area contributed by atoms with Crippen molar-refractivity contribution in [3.05, 3.63) is 59.7 Å². The molecule has 0 heterocycles. The Hall–Kier alpha value is -1.55. The van der Waals surface area contributed by atoms with Crippen molar-refractivity contribution in [2.75, 3.05) is 11.6 Å². The van der Waals surface area contributed by atoms with Crippen molar-refractivity contribution < 1.29 is 8.78 Å². The lowest BCUT2D eigenvalue weighted by Gasteiger charge is -2.11.